The molecule has 0 aliphatic rings. The van der Waals surface area contributed by atoms with Gasteiger partial charge in [0.2, 0.25) is 0 Å². The summed E-state index contributed by atoms with van der Waals surface area (Å²) in [4.78, 5) is 21.6. The number of hydrogen-bond acceptors (Lipinski definition) is 4. The Morgan fingerprint density at radius 3 is 2.36 bits per heavy atom. The lowest BCUT2D eigenvalue weighted by molar-refractivity contribution is -0.384. The molecule has 0 radical (unpaired) electrons. The van der Waals surface area contributed by atoms with Gasteiger partial charge in [0, 0.05) is 12.1 Å². The van der Waals surface area contributed by atoms with Gasteiger partial charge in [-0.2, -0.15) is 13.2 Å². The first-order valence-corrected chi connectivity index (χ1v) is 6.70. The van der Waals surface area contributed by atoms with Crippen LogP contribution in [-0.4, -0.2) is 17.4 Å². The number of carbonyl (C=O) groups is 1. The summed E-state index contributed by atoms with van der Waals surface area (Å²) < 4.78 is 55.8. The van der Waals surface area contributed by atoms with E-state index >= 15 is 0 Å². The molecule has 6 nitrogen and oxygen atoms in total. The molecular weight excluding hydrogens is 348 g/mol. The molecule has 132 valence electrons. The van der Waals surface area contributed by atoms with Crippen molar-refractivity contribution < 1.29 is 32.0 Å². The molecule has 0 saturated heterocycles. The molecule has 0 atom stereocenters. The average Bonchev–Trinajstić information content (AvgIpc) is 2.54. The molecule has 0 bridgehead atoms. The third-order valence-corrected chi connectivity index (χ3v) is 2.99. The molecule has 0 unspecified atom stereocenters. The van der Waals surface area contributed by atoms with Gasteiger partial charge in [-0.25, -0.2) is 4.39 Å². The first-order chi connectivity index (χ1) is 11.7. The van der Waals surface area contributed by atoms with Crippen molar-refractivity contribution in [1.82, 2.24) is 0 Å². The second kappa shape index (κ2) is 7.16. The molecule has 0 heterocycles. The fourth-order valence-corrected chi connectivity index (χ4v) is 1.80. The summed E-state index contributed by atoms with van der Waals surface area (Å²) in [6.07, 6.45) is -4.49. The highest BCUT2D eigenvalue weighted by Crippen LogP contribution is 2.30. The first kappa shape index (κ1) is 18.2. The number of anilines is 1. The van der Waals surface area contributed by atoms with Gasteiger partial charge < -0.3 is 10.1 Å². The number of ether oxygens (including phenoxy) is 1. The number of amides is 1. The molecule has 0 saturated carbocycles. The zero-order valence-corrected chi connectivity index (χ0v) is 12.3. The maximum Gasteiger partial charge on any atom is 0.416 e. The van der Waals surface area contributed by atoms with Crippen molar-refractivity contribution in [3.63, 3.8) is 0 Å². The summed E-state index contributed by atoms with van der Waals surface area (Å²) in [6, 6.07) is 6.23. The number of non-ortho nitro benzene ring substituents is 1. The lowest BCUT2D eigenvalue weighted by Gasteiger charge is -2.10. The molecule has 0 aliphatic heterocycles. The molecule has 25 heavy (non-hydrogen) atoms. The molecule has 0 spiro atoms. The Balaban J connectivity index is 1.97. The van der Waals surface area contributed by atoms with Crippen LogP contribution in [0.15, 0.2) is 42.5 Å². The van der Waals surface area contributed by atoms with Crippen molar-refractivity contribution in [1.29, 1.82) is 0 Å². The number of carbonyl (C=O) groups excluding carboxylic acids is 1. The van der Waals surface area contributed by atoms with Crippen LogP contribution in [0.3, 0.4) is 0 Å². The van der Waals surface area contributed by atoms with Crippen molar-refractivity contribution in [2.45, 2.75) is 6.18 Å². The highest BCUT2D eigenvalue weighted by atomic mass is 19.4. The van der Waals surface area contributed by atoms with Gasteiger partial charge in [-0.3, -0.25) is 14.9 Å². The number of nitrogens with one attached hydrogen (secondary N) is 1. The zero-order chi connectivity index (χ0) is 18.6. The number of halogens is 4. The molecule has 10 heteroatoms. The summed E-state index contributed by atoms with van der Waals surface area (Å²) >= 11 is 0. The minimum atomic E-state index is -4.49. The Morgan fingerprint density at radius 1 is 1.16 bits per heavy atom. The van der Waals surface area contributed by atoms with Gasteiger partial charge >= 0.3 is 6.18 Å². The number of nitro groups is 1. The van der Waals surface area contributed by atoms with Gasteiger partial charge in [-0.05, 0) is 30.3 Å². The molecular formula is C15H10F4N2O4. The Morgan fingerprint density at radius 2 is 1.80 bits per heavy atom. The number of alkyl halides is 3. The SMILES string of the molecule is O=C(COc1ccc(C(F)(F)F)cc1)Nc1cc([N+](=O)[O-])ccc1F. The van der Waals surface area contributed by atoms with Gasteiger partial charge in [-0.1, -0.05) is 0 Å². The fraction of sp³-hybridized carbons (Fsp3) is 0.133. The normalized spacial score (nSPS) is 11.0. The van der Waals surface area contributed by atoms with Crippen molar-refractivity contribution in [2.75, 3.05) is 11.9 Å². The summed E-state index contributed by atoms with van der Waals surface area (Å²) in [5.74, 6) is -1.71. The van der Waals surface area contributed by atoms with Crippen molar-refractivity contribution in [3.8, 4) is 5.75 Å². The maximum atomic E-state index is 13.5. The average molecular weight is 358 g/mol. The molecule has 2 aromatic carbocycles. The van der Waals surface area contributed by atoms with Crippen LogP contribution in [0, 0.1) is 15.9 Å². The third kappa shape index (κ3) is 4.90. The Kier molecular flexibility index (Phi) is 5.20. The van der Waals surface area contributed by atoms with Gasteiger partial charge in [0.05, 0.1) is 16.2 Å². The first-order valence-electron chi connectivity index (χ1n) is 6.70. The zero-order valence-electron chi connectivity index (χ0n) is 12.3. The van der Waals surface area contributed by atoms with E-state index in [1.165, 1.54) is 0 Å². The van der Waals surface area contributed by atoms with E-state index in [2.05, 4.69) is 5.32 Å². The Labute approximate surface area is 138 Å². The minimum Gasteiger partial charge on any atom is -0.484 e. The van der Waals surface area contributed by atoms with Crippen LogP contribution in [0.4, 0.5) is 28.9 Å². The standard InChI is InChI=1S/C15H10F4N2O4/c16-12-6-3-10(21(23)24)7-13(12)20-14(22)8-25-11-4-1-9(2-5-11)15(17,18)19/h1-7H,8H2,(H,20,22). The van der Waals surface area contributed by atoms with Gasteiger partial charge in [-0.15, -0.1) is 0 Å². The second-order valence-electron chi connectivity index (χ2n) is 4.78. The predicted molar refractivity (Wildman–Crippen MR) is 78.6 cm³/mol. The van der Waals surface area contributed by atoms with Crippen molar-refractivity contribution >= 4 is 17.3 Å². The van der Waals surface area contributed by atoms with E-state index in [1.54, 1.807) is 0 Å². The molecule has 0 fully saturated rings. The summed E-state index contributed by atoms with van der Waals surface area (Å²) in [7, 11) is 0. The lowest BCUT2D eigenvalue weighted by Crippen LogP contribution is -2.21. The van der Waals surface area contributed by atoms with E-state index in [4.69, 9.17) is 4.74 Å². The predicted octanol–water partition coefficient (Wildman–Crippen LogP) is 3.77. The summed E-state index contributed by atoms with van der Waals surface area (Å²) in [5, 5.41) is 12.7. The lowest BCUT2D eigenvalue weighted by atomic mass is 10.2. The van der Waals surface area contributed by atoms with E-state index < -0.39 is 46.4 Å². The second-order valence-corrected chi connectivity index (χ2v) is 4.78. The molecule has 1 amide bonds. The van der Waals surface area contributed by atoms with E-state index in [0.29, 0.717) is 0 Å². The van der Waals surface area contributed by atoms with Gasteiger partial charge in [0.15, 0.2) is 6.61 Å². The van der Waals surface area contributed by atoms with E-state index in [1.807, 2.05) is 0 Å². The Hall–Kier alpha value is -3.17. The van der Waals surface area contributed by atoms with Crippen molar-refractivity contribution in [2.24, 2.45) is 0 Å². The topological polar surface area (TPSA) is 81.5 Å². The van der Waals surface area contributed by atoms with E-state index in [9.17, 15) is 32.5 Å². The van der Waals surface area contributed by atoms with Crippen LogP contribution in [0.25, 0.3) is 0 Å². The maximum absolute atomic E-state index is 13.5. The molecule has 2 rings (SSSR count). The largest absolute Gasteiger partial charge is 0.484 e. The quantitative estimate of drug-likeness (QED) is 0.501. The van der Waals surface area contributed by atoms with Crippen LogP contribution in [0.5, 0.6) is 5.75 Å². The Bertz CT molecular complexity index is 791. The monoisotopic (exact) mass is 358 g/mol. The van der Waals surface area contributed by atoms with E-state index in [-0.39, 0.29) is 5.75 Å². The van der Waals surface area contributed by atoms with Crippen LogP contribution in [0.1, 0.15) is 5.56 Å². The van der Waals surface area contributed by atoms with Crippen LogP contribution in [-0.2, 0) is 11.0 Å². The highest BCUT2D eigenvalue weighted by Gasteiger charge is 2.30. The number of nitrogens with zero attached hydrogens (tertiary/aromatic N) is 1. The van der Waals surface area contributed by atoms with Crippen molar-refractivity contribution in [3.05, 3.63) is 64.0 Å². The molecule has 1 N–H and O–H groups in total. The minimum absolute atomic E-state index is 0.00247. The molecule has 0 aromatic heterocycles. The summed E-state index contributed by atoms with van der Waals surface area (Å²) in [6.45, 7) is -0.618. The number of benzene rings is 2. The molecule has 0 aliphatic carbocycles. The third-order valence-electron chi connectivity index (χ3n) is 2.99. The molecule has 2 aromatic rings. The number of rotatable bonds is 5. The number of hydrogen-bond donors (Lipinski definition) is 1. The van der Waals surface area contributed by atoms with Gasteiger partial charge in [0.25, 0.3) is 11.6 Å². The van der Waals surface area contributed by atoms with Crippen LogP contribution >= 0.6 is 0 Å². The van der Waals surface area contributed by atoms with Crippen LogP contribution < -0.4 is 10.1 Å². The van der Waals surface area contributed by atoms with Gasteiger partial charge in [0.1, 0.15) is 11.6 Å². The summed E-state index contributed by atoms with van der Waals surface area (Å²) in [5.41, 5.74) is -1.70. The smallest absolute Gasteiger partial charge is 0.416 e. The van der Waals surface area contributed by atoms with Crippen LogP contribution in [0.2, 0.25) is 0 Å². The van der Waals surface area contributed by atoms with E-state index in [0.717, 1.165) is 42.5 Å². The highest BCUT2D eigenvalue weighted by molar-refractivity contribution is 5.92. The number of nitro benzene ring substituents is 1. The fourth-order valence-electron chi connectivity index (χ4n) is 1.80.